The first-order valence-electron chi connectivity index (χ1n) is 8.70. The molecule has 2 aromatic rings. The number of benzene rings is 2. The quantitative estimate of drug-likeness (QED) is 0.781. The Morgan fingerprint density at radius 2 is 1.72 bits per heavy atom. The van der Waals surface area contributed by atoms with E-state index in [9.17, 15) is 15.0 Å². The summed E-state index contributed by atoms with van der Waals surface area (Å²) in [5.41, 5.74) is 2.62. The average Bonchev–Trinajstić information content (AvgIpc) is 2.62. The molecule has 1 atom stereocenters. The zero-order valence-electron chi connectivity index (χ0n) is 14.2. The summed E-state index contributed by atoms with van der Waals surface area (Å²) in [7, 11) is 0. The molecular formula is C20H24N2O3. The van der Waals surface area contributed by atoms with Crippen LogP contribution in [0, 0.1) is 0 Å². The molecule has 5 nitrogen and oxygen atoms in total. The van der Waals surface area contributed by atoms with E-state index in [1.165, 1.54) is 0 Å². The van der Waals surface area contributed by atoms with Gasteiger partial charge >= 0.3 is 0 Å². The van der Waals surface area contributed by atoms with Crippen LogP contribution >= 0.6 is 0 Å². The molecule has 25 heavy (non-hydrogen) atoms. The summed E-state index contributed by atoms with van der Waals surface area (Å²) >= 11 is 0. The number of piperidine rings is 1. The van der Waals surface area contributed by atoms with Gasteiger partial charge in [0.2, 0.25) is 0 Å². The minimum absolute atomic E-state index is 0.0881. The first-order chi connectivity index (χ1) is 12.1. The summed E-state index contributed by atoms with van der Waals surface area (Å²) in [6.07, 6.45) is 1.64. The Labute approximate surface area is 147 Å². The van der Waals surface area contributed by atoms with E-state index in [-0.39, 0.29) is 17.8 Å². The lowest BCUT2D eigenvalue weighted by Gasteiger charge is -2.29. The lowest BCUT2D eigenvalue weighted by Crippen LogP contribution is -2.42. The topological polar surface area (TPSA) is 72.8 Å². The molecule has 3 N–H and O–H groups in total. The number of β-amino-alcohol motifs (C(OH)–C–C–N with tert-alkyl or cyclic N) is 1. The van der Waals surface area contributed by atoms with Crippen molar-refractivity contribution in [2.24, 2.45) is 0 Å². The van der Waals surface area contributed by atoms with Crippen molar-refractivity contribution in [3.8, 4) is 16.9 Å². The molecule has 2 aromatic carbocycles. The van der Waals surface area contributed by atoms with Gasteiger partial charge in [-0.3, -0.25) is 9.69 Å². The molecule has 1 aliphatic rings. The normalized spacial score (nSPS) is 18.0. The van der Waals surface area contributed by atoms with Crippen molar-refractivity contribution in [2.45, 2.75) is 18.9 Å². The highest BCUT2D eigenvalue weighted by molar-refractivity contribution is 5.94. The van der Waals surface area contributed by atoms with Crippen molar-refractivity contribution >= 4 is 5.91 Å². The van der Waals surface area contributed by atoms with E-state index in [1.54, 1.807) is 12.1 Å². The van der Waals surface area contributed by atoms with E-state index in [2.05, 4.69) is 10.2 Å². The van der Waals surface area contributed by atoms with Crippen LogP contribution in [0.5, 0.6) is 5.75 Å². The first-order valence-corrected chi connectivity index (χ1v) is 8.70. The summed E-state index contributed by atoms with van der Waals surface area (Å²) in [5.74, 6) is 0.149. The molecule has 0 aliphatic carbocycles. The van der Waals surface area contributed by atoms with Crippen molar-refractivity contribution < 1.29 is 15.0 Å². The fourth-order valence-electron chi connectivity index (χ4n) is 3.13. The van der Waals surface area contributed by atoms with Crippen LogP contribution in [-0.2, 0) is 0 Å². The molecule has 1 aliphatic heterocycles. The predicted octanol–water partition coefficient (Wildman–Crippen LogP) is 2.25. The summed E-state index contributed by atoms with van der Waals surface area (Å²) < 4.78 is 0. The Morgan fingerprint density at radius 1 is 1.08 bits per heavy atom. The van der Waals surface area contributed by atoms with Crippen LogP contribution in [-0.4, -0.2) is 53.3 Å². The second-order valence-electron chi connectivity index (χ2n) is 6.48. The number of likely N-dealkylation sites (tertiary alicyclic amines) is 1. The third kappa shape index (κ3) is 4.81. The van der Waals surface area contributed by atoms with Crippen LogP contribution in [0.4, 0.5) is 0 Å². The highest BCUT2D eigenvalue weighted by Crippen LogP contribution is 2.22. The smallest absolute Gasteiger partial charge is 0.251 e. The lowest BCUT2D eigenvalue weighted by molar-refractivity contribution is 0.0703. The molecule has 132 valence electrons. The fourth-order valence-corrected chi connectivity index (χ4v) is 3.13. The highest BCUT2D eigenvalue weighted by Gasteiger charge is 2.17. The molecule has 0 spiro atoms. The lowest BCUT2D eigenvalue weighted by atomic mass is 10.0. The van der Waals surface area contributed by atoms with Gasteiger partial charge in [0.25, 0.3) is 5.91 Å². The maximum atomic E-state index is 12.2. The third-order valence-electron chi connectivity index (χ3n) is 4.54. The molecule has 3 rings (SSSR count). The number of rotatable bonds is 5. The molecule has 0 unspecified atom stereocenters. The Hall–Kier alpha value is -2.37. The van der Waals surface area contributed by atoms with Crippen molar-refractivity contribution in [2.75, 3.05) is 26.2 Å². The van der Waals surface area contributed by atoms with Crippen LogP contribution in [0.2, 0.25) is 0 Å². The molecule has 0 radical (unpaired) electrons. The number of hydrogen-bond acceptors (Lipinski definition) is 4. The summed E-state index contributed by atoms with van der Waals surface area (Å²) in [6.45, 7) is 3.01. The van der Waals surface area contributed by atoms with Gasteiger partial charge in [0.15, 0.2) is 0 Å². The minimum Gasteiger partial charge on any atom is -0.508 e. The number of nitrogens with zero attached hydrogens (tertiary/aromatic N) is 1. The van der Waals surface area contributed by atoms with E-state index in [0.717, 1.165) is 37.1 Å². The van der Waals surface area contributed by atoms with E-state index in [4.69, 9.17) is 0 Å². The molecule has 0 aromatic heterocycles. The van der Waals surface area contributed by atoms with Crippen LogP contribution in [0.25, 0.3) is 11.1 Å². The van der Waals surface area contributed by atoms with Gasteiger partial charge in [0, 0.05) is 25.2 Å². The van der Waals surface area contributed by atoms with Gasteiger partial charge in [-0.05, 0) is 54.8 Å². The van der Waals surface area contributed by atoms with E-state index < -0.39 is 0 Å². The average molecular weight is 340 g/mol. The number of carbonyl (C=O) groups excluding carboxylic acids is 1. The largest absolute Gasteiger partial charge is 0.508 e. The highest BCUT2D eigenvalue weighted by atomic mass is 16.3. The Bertz CT molecular complexity index is 698. The maximum Gasteiger partial charge on any atom is 0.251 e. The number of aliphatic hydroxyl groups excluding tert-OH is 1. The van der Waals surface area contributed by atoms with Crippen LogP contribution in [0.3, 0.4) is 0 Å². The van der Waals surface area contributed by atoms with Crippen molar-refractivity contribution in [3.63, 3.8) is 0 Å². The van der Waals surface area contributed by atoms with Crippen LogP contribution in [0.15, 0.2) is 48.5 Å². The number of carbonyl (C=O) groups is 1. The SMILES string of the molecule is O=C(NCCN1CCC[C@@H](O)C1)c1ccc(-c2ccc(O)cc2)cc1. The number of phenols is 1. The Balaban J connectivity index is 1.51. The fraction of sp³-hybridized carbons (Fsp3) is 0.350. The van der Waals surface area contributed by atoms with E-state index >= 15 is 0 Å². The summed E-state index contributed by atoms with van der Waals surface area (Å²) in [4.78, 5) is 14.4. The van der Waals surface area contributed by atoms with Gasteiger partial charge in [-0.15, -0.1) is 0 Å². The van der Waals surface area contributed by atoms with Crippen molar-refractivity contribution in [3.05, 3.63) is 54.1 Å². The molecule has 1 heterocycles. The molecule has 1 saturated heterocycles. The van der Waals surface area contributed by atoms with Gasteiger partial charge in [0.05, 0.1) is 6.10 Å². The number of nitrogens with one attached hydrogen (secondary N) is 1. The molecule has 1 fully saturated rings. The second kappa shape index (κ2) is 8.14. The first kappa shape index (κ1) is 17.5. The van der Waals surface area contributed by atoms with E-state index in [1.807, 2.05) is 36.4 Å². The van der Waals surface area contributed by atoms with Gasteiger partial charge in [-0.1, -0.05) is 24.3 Å². The number of phenolic OH excluding ortho intramolecular Hbond substituents is 1. The second-order valence-corrected chi connectivity index (χ2v) is 6.48. The molecule has 0 bridgehead atoms. The van der Waals surface area contributed by atoms with Gasteiger partial charge in [-0.2, -0.15) is 0 Å². The zero-order chi connectivity index (χ0) is 17.6. The molecule has 0 saturated carbocycles. The number of aromatic hydroxyl groups is 1. The van der Waals surface area contributed by atoms with Gasteiger partial charge in [0.1, 0.15) is 5.75 Å². The van der Waals surface area contributed by atoms with Crippen molar-refractivity contribution in [1.82, 2.24) is 10.2 Å². The van der Waals surface area contributed by atoms with Crippen LogP contribution in [0.1, 0.15) is 23.2 Å². The zero-order valence-corrected chi connectivity index (χ0v) is 14.2. The van der Waals surface area contributed by atoms with E-state index in [0.29, 0.717) is 18.7 Å². The van der Waals surface area contributed by atoms with Crippen LogP contribution < -0.4 is 5.32 Å². The monoisotopic (exact) mass is 340 g/mol. The predicted molar refractivity (Wildman–Crippen MR) is 97.6 cm³/mol. The summed E-state index contributed by atoms with van der Waals surface area (Å²) in [5, 5.41) is 21.9. The van der Waals surface area contributed by atoms with Gasteiger partial charge < -0.3 is 15.5 Å². The van der Waals surface area contributed by atoms with Gasteiger partial charge in [-0.25, -0.2) is 0 Å². The third-order valence-corrected chi connectivity index (χ3v) is 4.54. The Morgan fingerprint density at radius 3 is 2.36 bits per heavy atom. The Kier molecular flexibility index (Phi) is 5.68. The molecule has 5 heteroatoms. The maximum absolute atomic E-state index is 12.2. The molecule has 1 amide bonds. The minimum atomic E-state index is -0.239. The van der Waals surface area contributed by atoms with Crippen molar-refractivity contribution in [1.29, 1.82) is 0 Å². The number of amides is 1. The standard InChI is InChI=1S/C20H24N2O3/c23-18-9-7-16(8-10-18)15-3-5-17(6-4-15)20(25)21-11-13-22-12-1-2-19(24)14-22/h3-10,19,23-24H,1-2,11-14H2,(H,21,25)/t19-/m1/s1. The number of hydrogen-bond donors (Lipinski definition) is 3. The number of aliphatic hydroxyl groups is 1. The molecular weight excluding hydrogens is 316 g/mol. The summed E-state index contributed by atoms with van der Waals surface area (Å²) in [6, 6.07) is 14.4.